The second kappa shape index (κ2) is 10.2. The predicted molar refractivity (Wildman–Crippen MR) is 103 cm³/mol. The predicted octanol–water partition coefficient (Wildman–Crippen LogP) is 7.20. The van der Waals surface area contributed by atoms with Gasteiger partial charge in [0.25, 0.3) is 0 Å². The fourth-order valence-electron chi connectivity index (χ4n) is 2.96. The van der Waals surface area contributed by atoms with Gasteiger partial charge in [-0.05, 0) is 61.4 Å². The van der Waals surface area contributed by atoms with E-state index in [9.17, 15) is 13.2 Å². The number of hydrogen-bond acceptors (Lipinski definition) is 0. The minimum Gasteiger partial charge on any atom is -0.207 e. The molecule has 0 spiro atoms. The van der Waals surface area contributed by atoms with Gasteiger partial charge in [0.1, 0.15) is 17.5 Å². The third-order valence-electron chi connectivity index (χ3n) is 4.51. The second-order valence-electron chi connectivity index (χ2n) is 6.68. The van der Waals surface area contributed by atoms with E-state index in [1.54, 1.807) is 18.2 Å². The number of unbranched alkanes of at least 4 members (excludes halogenated alkanes) is 2. The Balaban J connectivity index is 1.99. The molecule has 0 heterocycles. The van der Waals surface area contributed by atoms with Crippen molar-refractivity contribution in [3.05, 3.63) is 76.4 Å². The molecule has 2 aromatic rings. The van der Waals surface area contributed by atoms with Gasteiger partial charge >= 0.3 is 0 Å². The summed E-state index contributed by atoms with van der Waals surface area (Å²) in [6, 6.07) is 10.1. The summed E-state index contributed by atoms with van der Waals surface area (Å²) in [6.07, 6.45) is 6.73. The molecule has 2 aromatic carbocycles. The minimum atomic E-state index is -0.462. The van der Waals surface area contributed by atoms with E-state index in [0.29, 0.717) is 36.8 Å². The van der Waals surface area contributed by atoms with E-state index in [2.05, 4.69) is 6.92 Å². The molecule has 0 atom stereocenters. The number of benzene rings is 2. The summed E-state index contributed by atoms with van der Waals surface area (Å²) in [7, 11) is 0. The average molecular weight is 360 g/mol. The van der Waals surface area contributed by atoms with Crippen molar-refractivity contribution in [3.8, 4) is 0 Å². The van der Waals surface area contributed by atoms with E-state index in [-0.39, 0.29) is 11.4 Å². The maximum Gasteiger partial charge on any atom is 0.129 e. The molecule has 26 heavy (non-hydrogen) atoms. The van der Waals surface area contributed by atoms with Crippen LogP contribution in [0.25, 0.3) is 5.83 Å². The minimum absolute atomic E-state index is 0.172. The third kappa shape index (κ3) is 5.76. The average Bonchev–Trinajstić information content (AvgIpc) is 2.63. The van der Waals surface area contributed by atoms with Crippen LogP contribution in [0.15, 0.2) is 42.5 Å². The van der Waals surface area contributed by atoms with E-state index in [1.807, 2.05) is 19.1 Å². The van der Waals surface area contributed by atoms with Crippen molar-refractivity contribution in [3.63, 3.8) is 0 Å². The molecule has 0 N–H and O–H groups in total. The van der Waals surface area contributed by atoms with E-state index < -0.39 is 11.6 Å². The smallest absolute Gasteiger partial charge is 0.129 e. The fraction of sp³-hybridized carbons (Fsp3) is 0.391. The van der Waals surface area contributed by atoms with Crippen LogP contribution in [0.3, 0.4) is 0 Å². The van der Waals surface area contributed by atoms with Crippen molar-refractivity contribution in [2.45, 2.75) is 58.8 Å². The molecule has 3 heteroatoms. The van der Waals surface area contributed by atoms with Crippen LogP contribution >= 0.6 is 0 Å². The summed E-state index contributed by atoms with van der Waals surface area (Å²) in [5, 5.41) is 0. The van der Waals surface area contributed by atoms with Gasteiger partial charge in [0, 0.05) is 11.1 Å². The zero-order chi connectivity index (χ0) is 18.9. The van der Waals surface area contributed by atoms with Gasteiger partial charge in [-0.25, -0.2) is 13.2 Å². The van der Waals surface area contributed by atoms with Crippen molar-refractivity contribution in [1.29, 1.82) is 0 Å². The molecule has 0 aromatic heterocycles. The molecule has 0 aliphatic heterocycles. The van der Waals surface area contributed by atoms with Crippen LogP contribution in [0.4, 0.5) is 13.2 Å². The van der Waals surface area contributed by atoms with E-state index in [0.717, 1.165) is 24.8 Å². The molecule has 0 bridgehead atoms. The number of hydrogen-bond donors (Lipinski definition) is 0. The van der Waals surface area contributed by atoms with Crippen LogP contribution in [-0.2, 0) is 19.3 Å². The lowest BCUT2D eigenvalue weighted by Crippen LogP contribution is -2.00. The summed E-state index contributed by atoms with van der Waals surface area (Å²) in [5.74, 6) is -1.12. The van der Waals surface area contributed by atoms with E-state index in [4.69, 9.17) is 0 Å². The Hall–Kier alpha value is -2.03. The third-order valence-corrected chi connectivity index (χ3v) is 4.51. The van der Waals surface area contributed by atoms with Gasteiger partial charge in [-0.2, -0.15) is 0 Å². The Morgan fingerprint density at radius 1 is 0.846 bits per heavy atom. The van der Waals surface area contributed by atoms with Crippen LogP contribution in [0.1, 0.15) is 61.8 Å². The molecule has 0 nitrogen and oxygen atoms in total. The van der Waals surface area contributed by atoms with Crippen molar-refractivity contribution >= 4 is 5.83 Å². The van der Waals surface area contributed by atoms with Gasteiger partial charge in [0.2, 0.25) is 0 Å². The Morgan fingerprint density at radius 3 is 2.04 bits per heavy atom. The highest BCUT2D eigenvalue weighted by Gasteiger charge is 2.10. The largest absolute Gasteiger partial charge is 0.207 e. The first-order valence-electron chi connectivity index (χ1n) is 9.46. The summed E-state index contributed by atoms with van der Waals surface area (Å²) in [6.45, 7) is 3.98. The molecule has 0 unspecified atom stereocenters. The molecule has 2 rings (SSSR count). The van der Waals surface area contributed by atoms with Crippen LogP contribution in [-0.4, -0.2) is 0 Å². The molecule has 0 aliphatic rings. The molecule has 0 aliphatic carbocycles. The van der Waals surface area contributed by atoms with Crippen molar-refractivity contribution in [2.24, 2.45) is 0 Å². The van der Waals surface area contributed by atoms with Crippen molar-refractivity contribution < 1.29 is 13.2 Å². The first-order chi connectivity index (χ1) is 12.5. The number of aryl methyl sites for hydroxylation is 2. The molecule has 0 saturated carbocycles. The lowest BCUT2D eigenvalue weighted by atomic mass is 10.00. The normalized spacial score (nSPS) is 11.8. The SMILES string of the molecule is CCCCC=C(F)c1ccc(CCc2cc(F)c(CCC)c(F)c2)cc1. The van der Waals surface area contributed by atoms with Gasteiger partial charge in [0.05, 0.1) is 0 Å². The summed E-state index contributed by atoms with van der Waals surface area (Å²) in [4.78, 5) is 0. The number of halogens is 3. The highest BCUT2D eigenvalue weighted by molar-refractivity contribution is 5.59. The van der Waals surface area contributed by atoms with Gasteiger partial charge in [0.15, 0.2) is 0 Å². The van der Waals surface area contributed by atoms with E-state index in [1.165, 1.54) is 12.1 Å². The first kappa shape index (κ1) is 20.3. The highest BCUT2D eigenvalue weighted by Crippen LogP contribution is 2.21. The van der Waals surface area contributed by atoms with Crippen LogP contribution in [0.2, 0.25) is 0 Å². The van der Waals surface area contributed by atoms with Crippen molar-refractivity contribution in [1.82, 2.24) is 0 Å². The summed E-state index contributed by atoms with van der Waals surface area (Å²) in [5.41, 5.74) is 2.42. The van der Waals surface area contributed by atoms with Gasteiger partial charge in [-0.15, -0.1) is 0 Å². The van der Waals surface area contributed by atoms with Crippen LogP contribution in [0, 0.1) is 11.6 Å². The Kier molecular flexibility index (Phi) is 7.96. The van der Waals surface area contributed by atoms with Gasteiger partial charge in [-0.3, -0.25) is 0 Å². The molecular formula is C23H27F3. The highest BCUT2D eigenvalue weighted by atomic mass is 19.1. The monoisotopic (exact) mass is 360 g/mol. The lowest BCUT2D eigenvalue weighted by Gasteiger charge is -2.08. The number of allylic oxidation sites excluding steroid dienone is 1. The zero-order valence-electron chi connectivity index (χ0n) is 15.6. The Morgan fingerprint density at radius 2 is 1.46 bits per heavy atom. The molecule has 140 valence electrons. The molecule has 0 fully saturated rings. The lowest BCUT2D eigenvalue weighted by molar-refractivity contribution is 0.549. The second-order valence-corrected chi connectivity index (χ2v) is 6.68. The quantitative estimate of drug-likeness (QED) is 0.415. The van der Waals surface area contributed by atoms with Gasteiger partial charge < -0.3 is 0 Å². The first-order valence-corrected chi connectivity index (χ1v) is 9.46. The summed E-state index contributed by atoms with van der Waals surface area (Å²) >= 11 is 0. The Labute approximate surface area is 154 Å². The zero-order valence-corrected chi connectivity index (χ0v) is 15.6. The standard InChI is InChI=1S/C23H27F3/c1-3-5-6-8-21(24)19-13-11-17(12-14-19)9-10-18-15-22(25)20(7-4-2)23(26)16-18/h8,11-16H,3-7,9-10H2,1-2H3. The van der Waals surface area contributed by atoms with Gasteiger partial charge in [-0.1, -0.05) is 51.0 Å². The summed E-state index contributed by atoms with van der Waals surface area (Å²) < 4.78 is 42.0. The maximum atomic E-state index is 14.0. The van der Waals surface area contributed by atoms with E-state index >= 15 is 0 Å². The number of rotatable bonds is 9. The fourth-order valence-corrected chi connectivity index (χ4v) is 2.96. The molecular weight excluding hydrogens is 333 g/mol. The van der Waals surface area contributed by atoms with Crippen LogP contribution < -0.4 is 0 Å². The molecule has 0 radical (unpaired) electrons. The molecule has 0 saturated heterocycles. The Bertz CT molecular complexity index is 707. The molecule has 0 amide bonds. The topological polar surface area (TPSA) is 0 Å². The van der Waals surface area contributed by atoms with Crippen LogP contribution in [0.5, 0.6) is 0 Å². The van der Waals surface area contributed by atoms with Crippen molar-refractivity contribution in [2.75, 3.05) is 0 Å². The maximum absolute atomic E-state index is 14.0.